The zero-order valence-corrected chi connectivity index (χ0v) is 13.7. The van der Waals surface area contributed by atoms with Crippen molar-refractivity contribution in [1.29, 1.82) is 0 Å². The fourth-order valence-electron chi connectivity index (χ4n) is 1.90. The van der Waals surface area contributed by atoms with E-state index in [0.717, 1.165) is 11.4 Å². The van der Waals surface area contributed by atoms with Crippen LogP contribution in [0.2, 0.25) is 0 Å². The smallest absolute Gasteiger partial charge is 0.313 e. The number of carbonyl (C=O) groups is 1. The molecule has 1 aromatic heterocycles. The molecular weight excluding hydrogens is 306 g/mol. The van der Waals surface area contributed by atoms with Crippen LogP contribution >= 0.6 is 23.5 Å². The zero-order valence-electron chi connectivity index (χ0n) is 12.1. The Labute approximate surface area is 132 Å². The van der Waals surface area contributed by atoms with Gasteiger partial charge >= 0.3 is 5.97 Å². The van der Waals surface area contributed by atoms with Crippen LogP contribution in [0.1, 0.15) is 19.9 Å². The number of carboxylic acids is 1. The Hall–Kier alpha value is -1.47. The molecule has 2 rings (SSSR count). The topological polar surface area (TPSA) is 68.0 Å². The van der Waals surface area contributed by atoms with Gasteiger partial charge in [0.05, 0.1) is 5.75 Å². The Kier molecular flexibility index (Phi) is 5.30. The average Bonchev–Trinajstić information content (AvgIpc) is 2.89. The second kappa shape index (κ2) is 7.00. The first kappa shape index (κ1) is 15.9. The lowest BCUT2D eigenvalue weighted by Gasteiger charge is -2.13. The fraction of sp³-hybridized carbons (Fsp3) is 0.357. The Morgan fingerprint density at radius 2 is 1.95 bits per heavy atom. The van der Waals surface area contributed by atoms with Crippen LogP contribution in [-0.2, 0) is 4.79 Å². The van der Waals surface area contributed by atoms with Crippen LogP contribution in [0.15, 0.2) is 34.3 Å². The highest BCUT2D eigenvalue weighted by molar-refractivity contribution is 7.99. The van der Waals surface area contributed by atoms with Gasteiger partial charge in [-0.05, 0) is 32.2 Å². The van der Waals surface area contributed by atoms with E-state index >= 15 is 0 Å². The summed E-state index contributed by atoms with van der Waals surface area (Å²) in [7, 11) is 0. The van der Waals surface area contributed by atoms with Crippen LogP contribution in [0.4, 0.5) is 0 Å². The summed E-state index contributed by atoms with van der Waals surface area (Å²) in [6.45, 7) is 4.07. The molecule has 0 aliphatic heterocycles. The molecule has 0 spiro atoms. The molecule has 0 atom stereocenters. The van der Waals surface area contributed by atoms with E-state index in [1.807, 2.05) is 48.9 Å². The van der Waals surface area contributed by atoms with Crippen LogP contribution in [0.25, 0.3) is 11.4 Å². The predicted octanol–water partition coefficient (Wildman–Crippen LogP) is 3.42. The minimum atomic E-state index is -0.857. The number of benzene rings is 1. The number of rotatable bonds is 6. The van der Waals surface area contributed by atoms with E-state index in [4.69, 9.17) is 5.11 Å². The van der Waals surface area contributed by atoms with Gasteiger partial charge in [-0.25, -0.2) is 0 Å². The zero-order chi connectivity index (χ0) is 15.4. The van der Waals surface area contributed by atoms with E-state index < -0.39 is 5.97 Å². The molecule has 1 heterocycles. The van der Waals surface area contributed by atoms with Gasteiger partial charge in [-0.1, -0.05) is 23.9 Å². The third kappa shape index (κ3) is 3.79. The first-order chi connectivity index (χ1) is 10.0. The highest BCUT2D eigenvalue weighted by Crippen LogP contribution is 2.28. The number of hydrogen-bond donors (Lipinski definition) is 1. The summed E-state index contributed by atoms with van der Waals surface area (Å²) in [6.07, 6.45) is 2.03. The largest absolute Gasteiger partial charge is 0.481 e. The average molecular weight is 323 g/mol. The standard InChI is InChI=1S/C14H17N3O2S2/c1-9(2)17-13(10-4-6-11(20-3)7-5-10)15-16-14(17)21-8-12(18)19/h4-7,9H,8H2,1-3H3,(H,18,19). The van der Waals surface area contributed by atoms with Crippen molar-refractivity contribution in [3.63, 3.8) is 0 Å². The minimum Gasteiger partial charge on any atom is -0.481 e. The molecule has 0 fully saturated rings. The SMILES string of the molecule is CSc1ccc(-c2nnc(SCC(=O)O)n2C(C)C)cc1. The van der Waals surface area contributed by atoms with Gasteiger partial charge in [0.2, 0.25) is 0 Å². The molecule has 0 radical (unpaired) electrons. The van der Waals surface area contributed by atoms with Gasteiger partial charge < -0.3 is 5.11 Å². The summed E-state index contributed by atoms with van der Waals surface area (Å²) in [5.41, 5.74) is 0.983. The van der Waals surface area contributed by atoms with Gasteiger partial charge in [0.15, 0.2) is 11.0 Å². The Bertz CT molecular complexity index is 624. The maximum absolute atomic E-state index is 10.7. The van der Waals surface area contributed by atoms with Crippen molar-refractivity contribution < 1.29 is 9.90 Å². The van der Waals surface area contributed by atoms with Crippen molar-refractivity contribution in [3.8, 4) is 11.4 Å². The van der Waals surface area contributed by atoms with Gasteiger partial charge in [0, 0.05) is 16.5 Å². The molecule has 0 unspecified atom stereocenters. The van der Waals surface area contributed by atoms with Crippen molar-refractivity contribution >= 4 is 29.5 Å². The van der Waals surface area contributed by atoms with Crippen LogP contribution < -0.4 is 0 Å². The molecular formula is C14H17N3O2S2. The van der Waals surface area contributed by atoms with Gasteiger partial charge in [-0.15, -0.1) is 22.0 Å². The maximum atomic E-state index is 10.7. The number of carboxylic acid groups (broad SMARTS) is 1. The predicted molar refractivity (Wildman–Crippen MR) is 86.0 cm³/mol. The summed E-state index contributed by atoms with van der Waals surface area (Å²) >= 11 is 2.88. The van der Waals surface area contributed by atoms with Crippen molar-refractivity contribution in [3.05, 3.63) is 24.3 Å². The van der Waals surface area contributed by atoms with Gasteiger partial charge in [-0.3, -0.25) is 9.36 Å². The second-order valence-electron chi connectivity index (χ2n) is 4.68. The normalized spacial score (nSPS) is 11.0. The van der Waals surface area contributed by atoms with Crippen LogP contribution in [0.3, 0.4) is 0 Å². The van der Waals surface area contributed by atoms with Gasteiger partial charge in [-0.2, -0.15) is 0 Å². The van der Waals surface area contributed by atoms with E-state index in [1.165, 1.54) is 16.7 Å². The van der Waals surface area contributed by atoms with E-state index in [1.54, 1.807) is 11.8 Å². The monoisotopic (exact) mass is 323 g/mol. The summed E-state index contributed by atoms with van der Waals surface area (Å²) in [4.78, 5) is 11.9. The van der Waals surface area contributed by atoms with Crippen LogP contribution in [0, 0.1) is 0 Å². The number of nitrogens with zero attached hydrogens (tertiary/aromatic N) is 3. The molecule has 0 saturated carbocycles. The van der Waals surface area contributed by atoms with Crippen molar-refractivity contribution in [1.82, 2.24) is 14.8 Å². The molecule has 0 saturated heterocycles. The summed E-state index contributed by atoms with van der Waals surface area (Å²) < 4.78 is 1.97. The van der Waals surface area contributed by atoms with E-state index in [0.29, 0.717) is 5.16 Å². The highest BCUT2D eigenvalue weighted by atomic mass is 32.2. The molecule has 2 aromatic rings. The fourth-order valence-corrected chi connectivity index (χ4v) is 3.10. The molecule has 5 nitrogen and oxygen atoms in total. The van der Waals surface area contributed by atoms with E-state index in [9.17, 15) is 4.79 Å². The third-order valence-electron chi connectivity index (χ3n) is 2.85. The van der Waals surface area contributed by atoms with E-state index in [-0.39, 0.29) is 11.8 Å². The van der Waals surface area contributed by atoms with Crippen LogP contribution in [0.5, 0.6) is 0 Å². The summed E-state index contributed by atoms with van der Waals surface area (Å²) in [5, 5.41) is 17.8. The first-order valence-electron chi connectivity index (χ1n) is 6.47. The van der Waals surface area contributed by atoms with E-state index in [2.05, 4.69) is 10.2 Å². The van der Waals surface area contributed by atoms with Gasteiger partial charge in [0.1, 0.15) is 0 Å². The molecule has 21 heavy (non-hydrogen) atoms. The van der Waals surface area contributed by atoms with Crippen molar-refractivity contribution in [2.45, 2.75) is 29.9 Å². The molecule has 112 valence electrons. The lowest BCUT2D eigenvalue weighted by molar-refractivity contribution is -0.133. The molecule has 0 aliphatic carbocycles. The third-order valence-corrected chi connectivity index (χ3v) is 4.53. The summed E-state index contributed by atoms with van der Waals surface area (Å²) in [6, 6.07) is 8.28. The molecule has 7 heteroatoms. The van der Waals surface area contributed by atoms with Crippen LogP contribution in [-0.4, -0.2) is 37.8 Å². The molecule has 0 bridgehead atoms. The van der Waals surface area contributed by atoms with Crippen molar-refractivity contribution in [2.24, 2.45) is 0 Å². The lowest BCUT2D eigenvalue weighted by atomic mass is 10.2. The number of hydrogen-bond acceptors (Lipinski definition) is 5. The molecule has 1 aromatic carbocycles. The summed E-state index contributed by atoms with van der Waals surface area (Å²) in [5.74, 6) is -0.106. The first-order valence-corrected chi connectivity index (χ1v) is 8.68. The second-order valence-corrected chi connectivity index (χ2v) is 6.50. The highest BCUT2D eigenvalue weighted by Gasteiger charge is 2.17. The lowest BCUT2D eigenvalue weighted by Crippen LogP contribution is -2.07. The Balaban J connectivity index is 2.36. The molecule has 0 amide bonds. The number of aliphatic carboxylic acids is 1. The minimum absolute atomic E-state index is 0.0176. The molecule has 1 N–H and O–H groups in total. The van der Waals surface area contributed by atoms with Gasteiger partial charge in [0.25, 0.3) is 0 Å². The maximum Gasteiger partial charge on any atom is 0.313 e. The molecule has 0 aliphatic rings. The van der Waals surface area contributed by atoms with Crippen molar-refractivity contribution in [2.75, 3.05) is 12.0 Å². The number of aromatic nitrogens is 3. The Morgan fingerprint density at radius 1 is 1.29 bits per heavy atom. The quantitative estimate of drug-likeness (QED) is 0.822. The number of thioether (sulfide) groups is 2. The Morgan fingerprint density at radius 3 is 2.48 bits per heavy atom.